The second kappa shape index (κ2) is 7.43. The van der Waals surface area contributed by atoms with Gasteiger partial charge in [-0.3, -0.25) is 0 Å². The molecular formula is C16H19N3O. The largest absolute Gasteiger partial charge is 0.385 e. The number of nitrogens with zero attached hydrogens (tertiary/aromatic N) is 1. The molecule has 20 heavy (non-hydrogen) atoms. The lowest BCUT2D eigenvalue weighted by molar-refractivity contribution is 0.157. The molecule has 0 saturated heterocycles. The van der Waals surface area contributed by atoms with E-state index >= 15 is 0 Å². The summed E-state index contributed by atoms with van der Waals surface area (Å²) in [5.41, 5.74) is 14.4. The number of ether oxygens (including phenoxy) is 1. The van der Waals surface area contributed by atoms with Crippen molar-refractivity contribution in [1.29, 1.82) is 0 Å². The third-order valence-electron chi connectivity index (χ3n) is 2.78. The first-order valence-electron chi connectivity index (χ1n) is 6.51. The van der Waals surface area contributed by atoms with Gasteiger partial charge in [-0.2, -0.15) is 0 Å². The summed E-state index contributed by atoms with van der Waals surface area (Å²) in [6.07, 6.45) is 0. The Kier molecular flexibility index (Phi) is 5.29. The van der Waals surface area contributed by atoms with Gasteiger partial charge in [0, 0.05) is 6.54 Å². The Balaban J connectivity index is 1.87. The lowest BCUT2D eigenvalue weighted by Gasteiger charge is -2.05. The van der Waals surface area contributed by atoms with Crippen LogP contribution in [0.4, 0.5) is 5.69 Å². The van der Waals surface area contributed by atoms with Crippen molar-refractivity contribution in [2.75, 3.05) is 6.61 Å². The van der Waals surface area contributed by atoms with Crippen molar-refractivity contribution in [1.82, 2.24) is 0 Å². The average Bonchev–Trinajstić information content (AvgIpc) is 2.48. The smallest absolute Gasteiger partial charge is 0.126 e. The summed E-state index contributed by atoms with van der Waals surface area (Å²) in [6, 6.07) is 17.6. The second-order valence-corrected chi connectivity index (χ2v) is 4.46. The molecule has 0 heterocycles. The third kappa shape index (κ3) is 4.50. The van der Waals surface area contributed by atoms with Crippen LogP contribution < -0.4 is 11.5 Å². The average molecular weight is 269 g/mol. The van der Waals surface area contributed by atoms with Gasteiger partial charge in [-0.1, -0.05) is 42.5 Å². The molecule has 104 valence electrons. The van der Waals surface area contributed by atoms with Crippen LogP contribution in [0.25, 0.3) is 0 Å². The molecule has 0 atom stereocenters. The molecule has 0 radical (unpaired) electrons. The van der Waals surface area contributed by atoms with Crippen molar-refractivity contribution in [2.45, 2.75) is 13.2 Å². The first-order valence-corrected chi connectivity index (χ1v) is 6.51. The predicted octanol–water partition coefficient (Wildman–Crippen LogP) is 2.35. The zero-order chi connectivity index (χ0) is 14.2. The first kappa shape index (κ1) is 14.2. The molecule has 0 aromatic heterocycles. The summed E-state index contributed by atoms with van der Waals surface area (Å²) >= 11 is 0. The molecule has 0 saturated carbocycles. The molecule has 4 nitrogen and oxygen atoms in total. The van der Waals surface area contributed by atoms with Crippen LogP contribution in [0, 0.1) is 0 Å². The summed E-state index contributed by atoms with van der Waals surface area (Å²) in [5.74, 6) is 0.454. The molecule has 0 unspecified atom stereocenters. The van der Waals surface area contributed by atoms with E-state index in [1.807, 2.05) is 54.6 Å². The number of amidine groups is 1. The van der Waals surface area contributed by atoms with Crippen molar-refractivity contribution in [3.05, 3.63) is 65.7 Å². The number of benzene rings is 2. The Morgan fingerprint density at radius 2 is 1.75 bits per heavy atom. The van der Waals surface area contributed by atoms with E-state index in [0.29, 0.717) is 25.6 Å². The van der Waals surface area contributed by atoms with E-state index in [2.05, 4.69) is 4.99 Å². The molecule has 2 rings (SSSR count). The highest BCUT2D eigenvalue weighted by molar-refractivity contribution is 5.84. The first-order chi connectivity index (χ1) is 9.78. The van der Waals surface area contributed by atoms with Crippen molar-refractivity contribution in [3.63, 3.8) is 0 Å². The van der Waals surface area contributed by atoms with Crippen LogP contribution in [-0.2, 0) is 17.9 Å². The molecule has 4 heteroatoms. The standard InChI is InChI=1S/C16H19N3O/c17-10-14-7-4-8-15(9-14)19-16(18)12-20-11-13-5-2-1-3-6-13/h1-9H,10-12,17H2,(H2,18,19). The summed E-state index contributed by atoms with van der Waals surface area (Å²) in [6.45, 7) is 1.33. The summed E-state index contributed by atoms with van der Waals surface area (Å²) < 4.78 is 5.53. The highest BCUT2D eigenvalue weighted by Gasteiger charge is 1.97. The van der Waals surface area contributed by atoms with Crippen LogP contribution in [0.15, 0.2) is 59.6 Å². The zero-order valence-corrected chi connectivity index (χ0v) is 11.3. The number of nitrogens with two attached hydrogens (primary N) is 2. The Morgan fingerprint density at radius 3 is 2.50 bits per heavy atom. The van der Waals surface area contributed by atoms with E-state index < -0.39 is 0 Å². The van der Waals surface area contributed by atoms with E-state index in [9.17, 15) is 0 Å². The Labute approximate surface area is 119 Å². The molecule has 0 amide bonds. The normalized spacial score (nSPS) is 11.6. The minimum atomic E-state index is 0.307. The van der Waals surface area contributed by atoms with E-state index in [4.69, 9.17) is 16.2 Å². The van der Waals surface area contributed by atoms with Gasteiger partial charge < -0.3 is 16.2 Å². The fourth-order valence-corrected chi connectivity index (χ4v) is 1.80. The van der Waals surface area contributed by atoms with Crippen molar-refractivity contribution >= 4 is 11.5 Å². The van der Waals surface area contributed by atoms with Gasteiger partial charge in [0.15, 0.2) is 0 Å². The van der Waals surface area contributed by atoms with Crippen LogP contribution in [-0.4, -0.2) is 12.4 Å². The number of rotatable bonds is 6. The van der Waals surface area contributed by atoms with Gasteiger partial charge in [-0.15, -0.1) is 0 Å². The fourth-order valence-electron chi connectivity index (χ4n) is 1.80. The van der Waals surface area contributed by atoms with Crippen LogP contribution in [0.5, 0.6) is 0 Å². The molecule has 2 aromatic carbocycles. The van der Waals surface area contributed by atoms with Crippen LogP contribution >= 0.6 is 0 Å². The van der Waals surface area contributed by atoms with Crippen LogP contribution in [0.3, 0.4) is 0 Å². The maximum absolute atomic E-state index is 5.86. The molecule has 4 N–H and O–H groups in total. The van der Waals surface area contributed by atoms with Crippen molar-refractivity contribution < 1.29 is 4.74 Å². The summed E-state index contributed by atoms with van der Waals surface area (Å²) in [7, 11) is 0. The molecule has 0 spiro atoms. The van der Waals surface area contributed by atoms with Gasteiger partial charge >= 0.3 is 0 Å². The number of aliphatic imine (C=N–C) groups is 1. The molecular weight excluding hydrogens is 250 g/mol. The highest BCUT2D eigenvalue weighted by Crippen LogP contribution is 2.13. The van der Waals surface area contributed by atoms with Crippen molar-refractivity contribution in [2.24, 2.45) is 16.5 Å². The van der Waals surface area contributed by atoms with Gasteiger partial charge in [0.2, 0.25) is 0 Å². The van der Waals surface area contributed by atoms with Crippen LogP contribution in [0.1, 0.15) is 11.1 Å². The lowest BCUT2D eigenvalue weighted by Crippen LogP contribution is -2.18. The third-order valence-corrected chi connectivity index (χ3v) is 2.78. The highest BCUT2D eigenvalue weighted by atomic mass is 16.5. The molecule has 0 fully saturated rings. The monoisotopic (exact) mass is 269 g/mol. The van der Waals surface area contributed by atoms with Gasteiger partial charge in [0.25, 0.3) is 0 Å². The summed E-state index contributed by atoms with van der Waals surface area (Å²) in [5, 5.41) is 0. The second-order valence-electron chi connectivity index (χ2n) is 4.46. The molecule has 0 aliphatic heterocycles. The number of hydrogen-bond donors (Lipinski definition) is 2. The van der Waals surface area contributed by atoms with Gasteiger partial charge in [0.1, 0.15) is 12.4 Å². The lowest BCUT2D eigenvalue weighted by atomic mass is 10.2. The maximum Gasteiger partial charge on any atom is 0.126 e. The molecule has 0 aliphatic rings. The minimum Gasteiger partial charge on any atom is -0.385 e. The molecule has 0 aliphatic carbocycles. The maximum atomic E-state index is 5.86. The predicted molar refractivity (Wildman–Crippen MR) is 81.7 cm³/mol. The van der Waals surface area contributed by atoms with Gasteiger partial charge in [-0.25, -0.2) is 4.99 Å². The van der Waals surface area contributed by atoms with E-state index in [0.717, 1.165) is 16.8 Å². The Hall–Kier alpha value is -2.17. The zero-order valence-electron chi connectivity index (χ0n) is 11.3. The van der Waals surface area contributed by atoms with Crippen molar-refractivity contribution in [3.8, 4) is 0 Å². The van der Waals surface area contributed by atoms with E-state index in [-0.39, 0.29) is 0 Å². The Morgan fingerprint density at radius 1 is 1.00 bits per heavy atom. The quantitative estimate of drug-likeness (QED) is 0.624. The Bertz CT molecular complexity index is 567. The van der Waals surface area contributed by atoms with E-state index in [1.165, 1.54) is 0 Å². The number of hydrogen-bond acceptors (Lipinski definition) is 3. The van der Waals surface area contributed by atoms with Crippen LogP contribution in [0.2, 0.25) is 0 Å². The minimum absolute atomic E-state index is 0.307. The van der Waals surface area contributed by atoms with E-state index in [1.54, 1.807) is 0 Å². The topological polar surface area (TPSA) is 73.6 Å². The molecule has 2 aromatic rings. The SMILES string of the molecule is NCc1cccc(N=C(N)COCc2ccccc2)c1. The van der Waals surface area contributed by atoms with Gasteiger partial charge in [-0.05, 0) is 23.3 Å². The summed E-state index contributed by atoms with van der Waals surface area (Å²) in [4.78, 5) is 4.31. The fraction of sp³-hybridized carbons (Fsp3) is 0.188. The molecule has 0 bridgehead atoms. The van der Waals surface area contributed by atoms with Gasteiger partial charge in [0.05, 0.1) is 12.3 Å².